The molecular weight excluding hydrogens is 358 g/mol. The van der Waals surface area contributed by atoms with Gasteiger partial charge in [-0.2, -0.15) is 0 Å². The van der Waals surface area contributed by atoms with E-state index in [-0.39, 0.29) is 17.8 Å². The zero-order chi connectivity index (χ0) is 15.9. The zero-order valence-electron chi connectivity index (χ0n) is 12.9. The van der Waals surface area contributed by atoms with E-state index in [1.165, 1.54) is 16.7 Å². The van der Waals surface area contributed by atoms with Crippen molar-refractivity contribution < 1.29 is 14.6 Å². The Morgan fingerprint density at radius 2 is 2.35 bits per heavy atom. The van der Waals surface area contributed by atoms with Crippen molar-refractivity contribution in [2.24, 2.45) is 0 Å². The van der Waals surface area contributed by atoms with Crippen LogP contribution < -0.4 is 4.74 Å². The average Bonchev–Trinajstić information content (AvgIpc) is 2.89. The normalized spacial score (nSPS) is 34.0. The number of piperidine rings is 1. The lowest BCUT2D eigenvalue weighted by Crippen LogP contribution is -2.60. The van der Waals surface area contributed by atoms with Crippen molar-refractivity contribution in [2.75, 3.05) is 13.6 Å². The molecule has 0 saturated carbocycles. The third kappa shape index (κ3) is 1.51. The van der Waals surface area contributed by atoms with Gasteiger partial charge in [-0.05, 0) is 43.6 Å². The summed E-state index contributed by atoms with van der Waals surface area (Å²) in [5.41, 5.74) is 4.27. The van der Waals surface area contributed by atoms with E-state index >= 15 is 0 Å². The van der Waals surface area contributed by atoms with E-state index in [1.807, 2.05) is 6.07 Å². The number of ketones is 1. The van der Waals surface area contributed by atoms with E-state index in [4.69, 9.17) is 4.74 Å². The molecule has 3 atom stereocenters. The van der Waals surface area contributed by atoms with Gasteiger partial charge >= 0.3 is 0 Å². The van der Waals surface area contributed by atoms with Crippen molar-refractivity contribution in [2.45, 2.75) is 43.4 Å². The SMILES string of the molecule is CN1CC[C@]23C4=CCC(=O)[C@H]2Oc2c(CO)cc(Br)c(c23)CC41. The first-order valence-corrected chi connectivity index (χ1v) is 8.93. The Bertz CT molecular complexity index is 787. The fourth-order valence-corrected chi connectivity index (χ4v) is 5.81. The summed E-state index contributed by atoms with van der Waals surface area (Å²) < 4.78 is 7.24. The summed E-state index contributed by atoms with van der Waals surface area (Å²) in [6, 6.07) is 2.30. The number of Topliss-reactive ketones (excluding diaryl/α,β-unsaturated/α-hetero) is 1. The van der Waals surface area contributed by atoms with Crippen molar-refractivity contribution in [3.63, 3.8) is 0 Å². The highest BCUT2D eigenvalue weighted by Crippen LogP contribution is 2.61. The Balaban J connectivity index is 1.89. The third-order valence-corrected chi connectivity index (χ3v) is 6.90. The summed E-state index contributed by atoms with van der Waals surface area (Å²) in [7, 11) is 2.17. The average molecular weight is 376 g/mol. The number of aliphatic hydroxyl groups excluding tert-OH is 1. The molecule has 4 aliphatic rings. The molecule has 23 heavy (non-hydrogen) atoms. The van der Waals surface area contributed by atoms with Crippen molar-refractivity contribution in [1.29, 1.82) is 0 Å². The van der Waals surface area contributed by atoms with Crippen LogP contribution in [0, 0.1) is 0 Å². The molecule has 5 rings (SSSR count). The molecule has 0 radical (unpaired) electrons. The molecule has 2 heterocycles. The Morgan fingerprint density at radius 1 is 1.52 bits per heavy atom. The Hall–Kier alpha value is -1.17. The number of likely N-dealkylation sites (tertiary alicyclic amines) is 1. The summed E-state index contributed by atoms with van der Waals surface area (Å²) >= 11 is 3.69. The van der Waals surface area contributed by atoms with Crippen LogP contribution in [0.15, 0.2) is 22.2 Å². The topological polar surface area (TPSA) is 49.8 Å². The highest BCUT2D eigenvalue weighted by atomic mass is 79.9. The Labute approximate surface area is 143 Å². The molecule has 1 aromatic rings. The first-order chi connectivity index (χ1) is 11.1. The van der Waals surface area contributed by atoms with Gasteiger partial charge in [0.2, 0.25) is 0 Å². The van der Waals surface area contributed by atoms with Crippen LogP contribution in [0.3, 0.4) is 0 Å². The number of hydrogen-bond donors (Lipinski definition) is 1. The maximum atomic E-state index is 12.6. The quantitative estimate of drug-likeness (QED) is 0.763. The lowest BCUT2D eigenvalue weighted by Gasteiger charge is -2.53. The number of benzene rings is 1. The molecule has 0 aromatic heterocycles. The number of halogens is 1. The number of likely N-dealkylation sites (N-methyl/N-ethyl adjacent to an activating group) is 1. The lowest BCUT2D eigenvalue weighted by molar-refractivity contribution is -0.128. The molecule has 120 valence electrons. The molecule has 1 aromatic carbocycles. The number of allylic oxidation sites excluding steroid dienone is 1. The molecule has 4 nitrogen and oxygen atoms in total. The first-order valence-electron chi connectivity index (χ1n) is 8.13. The molecule has 2 aliphatic heterocycles. The molecule has 0 amide bonds. The molecule has 2 bridgehead atoms. The van der Waals surface area contributed by atoms with Crippen molar-refractivity contribution in [3.8, 4) is 5.75 Å². The number of carbonyl (C=O) groups excluding carboxylic acids is 1. The number of nitrogens with zero attached hydrogens (tertiary/aromatic N) is 1. The van der Waals surface area contributed by atoms with Gasteiger partial charge in [-0.1, -0.05) is 22.0 Å². The molecule has 1 unspecified atom stereocenters. The Morgan fingerprint density at radius 3 is 3.13 bits per heavy atom. The Kier molecular flexibility index (Phi) is 2.76. The van der Waals surface area contributed by atoms with Crippen molar-refractivity contribution >= 4 is 21.7 Å². The number of aliphatic hydroxyl groups is 1. The molecule has 5 heteroatoms. The predicted molar refractivity (Wildman–Crippen MR) is 88.6 cm³/mol. The third-order valence-electron chi connectivity index (χ3n) is 6.19. The number of hydrogen-bond acceptors (Lipinski definition) is 4. The van der Waals surface area contributed by atoms with E-state index in [9.17, 15) is 9.90 Å². The van der Waals surface area contributed by atoms with Gasteiger partial charge in [-0.25, -0.2) is 0 Å². The number of rotatable bonds is 1. The molecule has 1 saturated heterocycles. The minimum Gasteiger partial charge on any atom is -0.481 e. The maximum absolute atomic E-state index is 12.6. The molecule has 2 aliphatic carbocycles. The number of carbonyl (C=O) groups is 1. The van der Waals surface area contributed by atoms with E-state index in [2.05, 4.69) is 34.0 Å². The van der Waals surface area contributed by atoms with Gasteiger partial charge < -0.3 is 9.84 Å². The van der Waals surface area contributed by atoms with Gasteiger partial charge in [-0.15, -0.1) is 0 Å². The lowest BCUT2D eigenvalue weighted by atomic mass is 9.56. The summed E-state index contributed by atoms with van der Waals surface area (Å²) in [5.74, 6) is 0.931. The van der Waals surface area contributed by atoms with Gasteiger partial charge in [-0.3, -0.25) is 9.69 Å². The van der Waals surface area contributed by atoms with Gasteiger partial charge in [0.1, 0.15) is 5.75 Å². The van der Waals surface area contributed by atoms with Crippen LogP contribution in [0.5, 0.6) is 5.75 Å². The van der Waals surface area contributed by atoms with Crippen molar-refractivity contribution in [3.05, 3.63) is 38.9 Å². The smallest absolute Gasteiger partial charge is 0.178 e. The van der Waals surface area contributed by atoms with Crippen LogP contribution in [0.4, 0.5) is 0 Å². The number of ether oxygens (including phenoxy) is 1. The van der Waals surface area contributed by atoms with Gasteiger partial charge in [0, 0.05) is 28.1 Å². The van der Waals surface area contributed by atoms with Crippen LogP contribution in [-0.2, 0) is 23.2 Å². The second-order valence-electron chi connectivity index (χ2n) is 7.11. The predicted octanol–water partition coefficient (Wildman–Crippen LogP) is 2.10. The van der Waals surface area contributed by atoms with Crippen LogP contribution >= 0.6 is 15.9 Å². The van der Waals surface area contributed by atoms with Gasteiger partial charge in [0.15, 0.2) is 11.9 Å². The summed E-state index contributed by atoms with van der Waals surface area (Å²) in [6.07, 6.45) is 4.05. The molecule has 1 N–H and O–H groups in total. The van der Waals surface area contributed by atoms with Crippen molar-refractivity contribution in [1.82, 2.24) is 4.90 Å². The highest BCUT2D eigenvalue weighted by molar-refractivity contribution is 9.10. The minimum absolute atomic E-state index is 0.0689. The van der Waals surface area contributed by atoms with Crippen LogP contribution in [0.25, 0.3) is 0 Å². The largest absolute Gasteiger partial charge is 0.481 e. The second-order valence-corrected chi connectivity index (χ2v) is 7.96. The monoisotopic (exact) mass is 375 g/mol. The standard InChI is InChI=1S/C18H18BrNO3/c1-20-5-4-18-11-2-3-14(22)17(18)23-16-9(8-21)6-12(19)10(15(16)18)7-13(11)20/h2,6,13,17,21H,3-5,7-8H2,1H3/t13?,17-,18-/m1/s1. The van der Waals surface area contributed by atoms with Crippen LogP contribution in [-0.4, -0.2) is 41.5 Å². The fourth-order valence-electron chi connectivity index (χ4n) is 5.17. The van der Waals surface area contributed by atoms with E-state index in [0.717, 1.165) is 35.2 Å². The summed E-state index contributed by atoms with van der Waals surface area (Å²) in [5, 5.41) is 9.76. The van der Waals surface area contributed by atoms with E-state index < -0.39 is 6.10 Å². The first kappa shape index (κ1) is 14.2. The summed E-state index contributed by atoms with van der Waals surface area (Å²) in [6.45, 7) is 0.898. The second kappa shape index (κ2) is 4.47. The zero-order valence-corrected chi connectivity index (χ0v) is 14.5. The van der Waals surface area contributed by atoms with E-state index in [1.54, 1.807) is 0 Å². The van der Waals surface area contributed by atoms with Crippen LogP contribution in [0.2, 0.25) is 0 Å². The minimum atomic E-state index is -0.410. The molecule has 1 fully saturated rings. The fraction of sp³-hybridized carbons (Fsp3) is 0.500. The van der Waals surface area contributed by atoms with Gasteiger partial charge in [0.25, 0.3) is 0 Å². The summed E-state index contributed by atoms with van der Waals surface area (Å²) in [4.78, 5) is 15.0. The maximum Gasteiger partial charge on any atom is 0.178 e. The molecular formula is C18H18BrNO3. The molecule has 1 spiro atoms. The van der Waals surface area contributed by atoms with E-state index in [0.29, 0.717) is 12.5 Å². The highest BCUT2D eigenvalue weighted by Gasteiger charge is 2.62. The van der Waals surface area contributed by atoms with Crippen LogP contribution in [0.1, 0.15) is 29.5 Å². The van der Waals surface area contributed by atoms with Gasteiger partial charge in [0.05, 0.1) is 12.0 Å².